The highest BCUT2D eigenvalue weighted by atomic mass is 16.7. The first-order valence-corrected chi connectivity index (χ1v) is 5.73. The average molecular weight is 230 g/mol. The topological polar surface area (TPSA) is 58.9 Å². The SMILES string of the molecule is C=CCO[C@@H]1O[C@H](CC)[C@@](C)(O)[C@H](O)[C@H]1C. The Hall–Kier alpha value is -0.420. The molecule has 0 aromatic heterocycles. The molecular weight excluding hydrogens is 208 g/mol. The van der Waals surface area contributed by atoms with Crippen LogP contribution in [0.2, 0.25) is 0 Å². The first kappa shape index (κ1) is 13.6. The van der Waals surface area contributed by atoms with E-state index in [4.69, 9.17) is 9.47 Å². The summed E-state index contributed by atoms with van der Waals surface area (Å²) in [5.74, 6) is -0.266. The fraction of sp³-hybridized carbons (Fsp3) is 0.833. The van der Waals surface area contributed by atoms with E-state index in [0.717, 1.165) is 0 Å². The van der Waals surface area contributed by atoms with Crippen LogP contribution in [0.4, 0.5) is 0 Å². The van der Waals surface area contributed by atoms with E-state index in [-0.39, 0.29) is 5.92 Å². The summed E-state index contributed by atoms with van der Waals surface area (Å²) in [7, 11) is 0. The summed E-state index contributed by atoms with van der Waals surface area (Å²) in [5, 5.41) is 20.2. The molecule has 0 unspecified atom stereocenters. The van der Waals surface area contributed by atoms with Crippen LogP contribution in [0, 0.1) is 5.92 Å². The Morgan fingerprint density at radius 1 is 1.56 bits per heavy atom. The Labute approximate surface area is 96.9 Å². The summed E-state index contributed by atoms with van der Waals surface area (Å²) in [4.78, 5) is 0. The van der Waals surface area contributed by atoms with Crippen LogP contribution in [-0.2, 0) is 9.47 Å². The van der Waals surface area contributed by atoms with Crippen molar-refractivity contribution < 1.29 is 19.7 Å². The molecule has 4 nitrogen and oxygen atoms in total. The smallest absolute Gasteiger partial charge is 0.163 e. The highest BCUT2D eigenvalue weighted by molar-refractivity contribution is 4.97. The standard InChI is InChI=1S/C12H22O4/c1-5-7-15-11-8(3)10(13)12(4,14)9(6-2)16-11/h5,8-11,13-14H,1,6-7H2,2-4H3/t8-,9-,10-,11-,12-/m1/s1. The lowest BCUT2D eigenvalue weighted by Crippen LogP contribution is -2.61. The first-order chi connectivity index (χ1) is 7.45. The van der Waals surface area contributed by atoms with Gasteiger partial charge in [-0.1, -0.05) is 19.9 Å². The maximum atomic E-state index is 10.2. The Morgan fingerprint density at radius 2 is 2.19 bits per heavy atom. The van der Waals surface area contributed by atoms with Gasteiger partial charge in [-0.05, 0) is 13.3 Å². The summed E-state index contributed by atoms with van der Waals surface area (Å²) in [6, 6.07) is 0. The molecule has 0 spiro atoms. The van der Waals surface area contributed by atoms with Gasteiger partial charge in [-0.25, -0.2) is 0 Å². The quantitative estimate of drug-likeness (QED) is 0.709. The molecule has 0 saturated carbocycles. The van der Waals surface area contributed by atoms with Gasteiger partial charge in [-0.3, -0.25) is 0 Å². The summed E-state index contributed by atoms with van der Waals surface area (Å²) in [6.07, 6.45) is 0.522. The predicted octanol–water partition coefficient (Wildman–Crippen LogP) is 1.07. The van der Waals surface area contributed by atoms with Gasteiger partial charge in [-0.15, -0.1) is 6.58 Å². The molecule has 0 bridgehead atoms. The minimum absolute atomic E-state index is 0.266. The lowest BCUT2D eigenvalue weighted by atomic mass is 9.81. The monoisotopic (exact) mass is 230 g/mol. The number of rotatable bonds is 4. The van der Waals surface area contributed by atoms with Crippen LogP contribution >= 0.6 is 0 Å². The van der Waals surface area contributed by atoms with Crippen molar-refractivity contribution in [2.75, 3.05) is 6.61 Å². The van der Waals surface area contributed by atoms with Gasteiger partial charge in [0, 0.05) is 5.92 Å². The number of aliphatic hydroxyl groups is 2. The maximum Gasteiger partial charge on any atom is 0.163 e. The van der Waals surface area contributed by atoms with Crippen molar-refractivity contribution in [1.29, 1.82) is 0 Å². The Balaban J connectivity index is 2.75. The van der Waals surface area contributed by atoms with E-state index in [1.807, 2.05) is 6.92 Å². The molecule has 1 aliphatic rings. The number of ether oxygens (including phenoxy) is 2. The molecule has 1 aliphatic heterocycles. The zero-order valence-electron chi connectivity index (χ0n) is 10.2. The molecule has 5 atom stereocenters. The molecule has 16 heavy (non-hydrogen) atoms. The molecule has 1 fully saturated rings. The number of hydrogen-bond donors (Lipinski definition) is 2. The van der Waals surface area contributed by atoms with E-state index in [1.54, 1.807) is 19.9 Å². The van der Waals surface area contributed by atoms with Crippen molar-refractivity contribution in [2.45, 2.75) is 51.3 Å². The van der Waals surface area contributed by atoms with Crippen molar-refractivity contribution in [2.24, 2.45) is 5.92 Å². The number of aliphatic hydroxyl groups excluding tert-OH is 1. The minimum Gasteiger partial charge on any atom is -0.390 e. The van der Waals surface area contributed by atoms with Gasteiger partial charge < -0.3 is 19.7 Å². The van der Waals surface area contributed by atoms with Gasteiger partial charge in [0.2, 0.25) is 0 Å². The fourth-order valence-electron chi connectivity index (χ4n) is 2.16. The lowest BCUT2D eigenvalue weighted by Gasteiger charge is -2.47. The summed E-state index contributed by atoms with van der Waals surface area (Å²) in [5.41, 5.74) is -1.22. The molecule has 0 aliphatic carbocycles. The van der Waals surface area contributed by atoms with Gasteiger partial charge in [-0.2, -0.15) is 0 Å². The van der Waals surface area contributed by atoms with Crippen LogP contribution < -0.4 is 0 Å². The van der Waals surface area contributed by atoms with Gasteiger partial charge in [0.25, 0.3) is 0 Å². The molecule has 0 amide bonds. The zero-order chi connectivity index (χ0) is 12.3. The van der Waals surface area contributed by atoms with E-state index in [9.17, 15) is 10.2 Å². The minimum atomic E-state index is -1.22. The lowest BCUT2D eigenvalue weighted by molar-refractivity contribution is -0.304. The van der Waals surface area contributed by atoms with Crippen molar-refractivity contribution in [1.82, 2.24) is 0 Å². The normalized spacial score (nSPS) is 44.3. The van der Waals surface area contributed by atoms with Crippen LogP contribution in [0.1, 0.15) is 27.2 Å². The number of hydrogen-bond acceptors (Lipinski definition) is 4. The summed E-state index contributed by atoms with van der Waals surface area (Å²) < 4.78 is 11.1. The average Bonchev–Trinajstić information content (AvgIpc) is 2.25. The van der Waals surface area contributed by atoms with Crippen LogP contribution in [0.5, 0.6) is 0 Å². The van der Waals surface area contributed by atoms with Crippen molar-refractivity contribution >= 4 is 0 Å². The van der Waals surface area contributed by atoms with E-state index in [1.165, 1.54) is 0 Å². The molecule has 4 heteroatoms. The van der Waals surface area contributed by atoms with E-state index < -0.39 is 24.1 Å². The first-order valence-electron chi connectivity index (χ1n) is 5.73. The molecule has 1 heterocycles. The summed E-state index contributed by atoms with van der Waals surface area (Å²) >= 11 is 0. The summed E-state index contributed by atoms with van der Waals surface area (Å²) in [6.45, 7) is 9.26. The van der Waals surface area contributed by atoms with E-state index >= 15 is 0 Å². The van der Waals surface area contributed by atoms with Gasteiger partial charge in [0.05, 0.1) is 18.8 Å². The van der Waals surface area contributed by atoms with Crippen molar-refractivity contribution in [3.05, 3.63) is 12.7 Å². The predicted molar refractivity (Wildman–Crippen MR) is 60.9 cm³/mol. The largest absolute Gasteiger partial charge is 0.390 e. The van der Waals surface area contributed by atoms with E-state index in [2.05, 4.69) is 6.58 Å². The fourth-order valence-corrected chi connectivity index (χ4v) is 2.16. The Morgan fingerprint density at radius 3 is 2.69 bits per heavy atom. The van der Waals surface area contributed by atoms with Crippen molar-refractivity contribution in [3.8, 4) is 0 Å². The molecule has 1 rings (SSSR count). The van der Waals surface area contributed by atoms with Crippen LogP contribution in [0.3, 0.4) is 0 Å². The van der Waals surface area contributed by atoms with Crippen LogP contribution in [-0.4, -0.2) is 40.9 Å². The van der Waals surface area contributed by atoms with Crippen LogP contribution in [0.25, 0.3) is 0 Å². The molecular formula is C12H22O4. The Kier molecular flexibility index (Phi) is 4.50. The molecule has 1 saturated heterocycles. The second-order valence-corrected chi connectivity index (χ2v) is 4.55. The molecule has 0 radical (unpaired) electrons. The zero-order valence-corrected chi connectivity index (χ0v) is 10.2. The van der Waals surface area contributed by atoms with Crippen LogP contribution in [0.15, 0.2) is 12.7 Å². The highest BCUT2D eigenvalue weighted by Crippen LogP contribution is 2.35. The third-order valence-corrected chi connectivity index (χ3v) is 3.23. The molecule has 2 N–H and O–H groups in total. The Bertz CT molecular complexity index is 235. The van der Waals surface area contributed by atoms with Gasteiger partial charge in [0.15, 0.2) is 6.29 Å². The second kappa shape index (κ2) is 5.27. The third-order valence-electron chi connectivity index (χ3n) is 3.23. The molecule has 0 aromatic rings. The van der Waals surface area contributed by atoms with E-state index in [0.29, 0.717) is 13.0 Å². The highest BCUT2D eigenvalue weighted by Gasteiger charge is 2.49. The third kappa shape index (κ3) is 2.46. The molecule has 94 valence electrons. The van der Waals surface area contributed by atoms with Gasteiger partial charge >= 0.3 is 0 Å². The van der Waals surface area contributed by atoms with Gasteiger partial charge in [0.1, 0.15) is 5.60 Å². The second-order valence-electron chi connectivity index (χ2n) is 4.55. The maximum absolute atomic E-state index is 10.2. The van der Waals surface area contributed by atoms with Crippen molar-refractivity contribution in [3.63, 3.8) is 0 Å². The molecule has 0 aromatic carbocycles.